The zero-order chi connectivity index (χ0) is 25.5. The Morgan fingerprint density at radius 2 is 1.44 bits per heavy atom. The van der Waals surface area contributed by atoms with Gasteiger partial charge in [0.1, 0.15) is 23.8 Å². The fourth-order valence-corrected chi connectivity index (χ4v) is 4.79. The van der Waals surface area contributed by atoms with Gasteiger partial charge in [0.2, 0.25) is 0 Å². The molecule has 0 aliphatic rings. The van der Waals surface area contributed by atoms with Crippen molar-refractivity contribution < 1.29 is 27.8 Å². The number of hydrogen-bond acceptors (Lipinski definition) is 5. The van der Waals surface area contributed by atoms with Crippen LogP contribution in [0.4, 0.5) is 5.69 Å². The van der Waals surface area contributed by atoms with Gasteiger partial charge in [-0.3, -0.25) is 4.72 Å². The zero-order valence-corrected chi connectivity index (χ0v) is 20.4. The molecule has 4 rings (SSSR count). The fraction of sp³-hybridized carbons (Fsp3) is 0.107. The van der Waals surface area contributed by atoms with Crippen LogP contribution in [-0.4, -0.2) is 26.6 Å². The van der Waals surface area contributed by atoms with Crippen LogP contribution in [0.2, 0.25) is 0 Å². The number of carboxylic acid groups (broad SMARTS) is 1. The van der Waals surface area contributed by atoms with Crippen LogP contribution in [0.1, 0.15) is 27.0 Å². The van der Waals surface area contributed by atoms with Crippen LogP contribution in [0.25, 0.3) is 0 Å². The van der Waals surface area contributed by atoms with Gasteiger partial charge in [0, 0.05) is 12.0 Å². The number of carbonyl (C=O) groups is 1. The molecule has 7 nitrogen and oxygen atoms in total. The van der Waals surface area contributed by atoms with E-state index in [2.05, 4.69) is 4.72 Å². The molecule has 0 amide bonds. The Labute approximate surface area is 210 Å². The first-order valence-corrected chi connectivity index (χ1v) is 12.6. The molecular weight excluding hydrogens is 478 g/mol. The van der Waals surface area contributed by atoms with Gasteiger partial charge in [-0.1, -0.05) is 66.7 Å². The molecule has 4 aromatic carbocycles. The molecule has 8 heteroatoms. The Morgan fingerprint density at radius 3 is 2.03 bits per heavy atom. The topological polar surface area (TPSA) is 102 Å². The summed E-state index contributed by atoms with van der Waals surface area (Å²) in [5, 5.41) is 9.88. The van der Waals surface area contributed by atoms with Crippen molar-refractivity contribution in [3.63, 3.8) is 0 Å². The summed E-state index contributed by atoms with van der Waals surface area (Å²) in [7, 11) is -2.66. The average molecular weight is 504 g/mol. The van der Waals surface area contributed by atoms with Crippen molar-refractivity contribution in [3.8, 4) is 11.5 Å². The summed E-state index contributed by atoms with van der Waals surface area (Å²) >= 11 is 0. The Balaban J connectivity index is 1.80. The molecule has 36 heavy (non-hydrogen) atoms. The number of anilines is 1. The lowest BCUT2D eigenvalue weighted by atomic mass is 10.0. The Morgan fingerprint density at radius 1 is 0.833 bits per heavy atom. The second kappa shape index (κ2) is 11.0. The van der Waals surface area contributed by atoms with Gasteiger partial charge in [0.15, 0.2) is 0 Å². The van der Waals surface area contributed by atoms with Crippen molar-refractivity contribution >= 4 is 21.7 Å². The third-order valence-corrected chi connectivity index (χ3v) is 6.90. The predicted octanol–water partition coefficient (Wildman–Crippen LogP) is 5.36. The van der Waals surface area contributed by atoms with Crippen LogP contribution in [0.3, 0.4) is 0 Å². The number of aromatic carboxylic acids is 1. The molecule has 0 aromatic heterocycles. The molecule has 0 aliphatic carbocycles. The van der Waals surface area contributed by atoms with E-state index in [9.17, 15) is 18.3 Å². The Kier molecular flexibility index (Phi) is 7.56. The highest BCUT2D eigenvalue weighted by molar-refractivity contribution is 7.92. The van der Waals surface area contributed by atoms with E-state index >= 15 is 0 Å². The summed E-state index contributed by atoms with van der Waals surface area (Å²) in [4.78, 5) is 12.1. The van der Waals surface area contributed by atoms with Crippen LogP contribution in [0, 0.1) is 0 Å². The van der Waals surface area contributed by atoms with Gasteiger partial charge < -0.3 is 14.6 Å². The first-order chi connectivity index (χ1) is 17.4. The molecule has 0 heterocycles. The SMILES string of the molecule is COc1ccc(S(=O)(=O)Nc2c(C(=O)O)ccc(Cc3ccccc3)c2OCc2ccccc2)cc1. The molecule has 2 N–H and O–H groups in total. The Hall–Kier alpha value is -4.30. The normalized spacial score (nSPS) is 11.0. The maximum Gasteiger partial charge on any atom is 0.337 e. The lowest BCUT2D eigenvalue weighted by Gasteiger charge is -2.20. The van der Waals surface area contributed by atoms with E-state index in [-0.39, 0.29) is 28.5 Å². The minimum absolute atomic E-state index is 0.0397. The highest BCUT2D eigenvalue weighted by Crippen LogP contribution is 2.37. The maximum absolute atomic E-state index is 13.3. The molecule has 4 aromatic rings. The first-order valence-electron chi connectivity index (χ1n) is 11.1. The minimum Gasteiger partial charge on any atom is -0.497 e. The van der Waals surface area contributed by atoms with Crippen LogP contribution >= 0.6 is 0 Å². The van der Waals surface area contributed by atoms with E-state index in [0.717, 1.165) is 11.1 Å². The monoisotopic (exact) mass is 503 g/mol. The zero-order valence-electron chi connectivity index (χ0n) is 19.5. The minimum atomic E-state index is -4.14. The van der Waals surface area contributed by atoms with Gasteiger partial charge in [0.25, 0.3) is 10.0 Å². The van der Waals surface area contributed by atoms with E-state index in [1.807, 2.05) is 60.7 Å². The molecule has 0 aliphatic heterocycles. The van der Waals surface area contributed by atoms with Crippen molar-refractivity contribution in [2.24, 2.45) is 0 Å². The Bertz CT molecular complexity index is 1440. The third kappa shape index (κ3) is 5.84. The third-order valence-electron chi connectivity index (χ3n) is 5.54. The number of rotatable bonds is 10. The summed E-state index contributed by atoms with van der Waals surface area (Å²) < 4.78 is 40.3. The second-order valence-electron chi connectivity index (χ2n) is 8.00. The number of hydrogen-bond donors (Lipinski definition) is 2. The molecular formula is C28H25NO6S. The van der Waals surface area contributed by atoms with Crippen LogP contribution in [0.15, 0.2) is 102 Å². The highest BCUT2D eigenvalue weighted by Gasteiger charge is 2.25. The fourth-order valence-electron chi connectivity index (χ4n) is 3.70. The van der Waals surface area contributed by atoms with Crippen molar-refractivity contribution in [2.75, 3.05) is 11.8 Å². The quantitative estimate of drug-likeness (QED) is 0.302. The average Bonchev–Trinajstić information content (AvgIpc) is 2.89. The van der Waals surface area contributed by atoms with E-state index < -0.39 is 16.0 Å². The number of carboxylic acids is 1. The van der Waals surface area contributed by atoms with Crippen LogP contribution in [-0.2, 0) is 23.1 Å². The van der Waals surface area contributed by atoms with Crippen molar-refractivity contribution in [1.82, 2.24) is 0 Å². The summed E-state index contributed by atoms with van der Waals surface area (Å²) in [5.74, 6) is -0.616. The molecule has 184 valence electrons. The number of ether oxygens (including phenoxy) is 2. The van der Waals surface area contributed by atoms with Crippen LogP contribution in [0.5, 0.6) is 11.5 Å². The lowest BCUT2D eigenvalue weighted by molar-refractivity contribution is 0.0697. The van der Waals surface area contributed by atoms with Gasteiger partial charge in [-0.25, -0.2) is 13.2 Å². The summed E-state index contributed by atoms with van der Waals surface area (Å²) in [6, 6.07) is 27.8. The predicted molar refractivity (Wildman–Crippen MR) is 137 cm³/mol. The molecule has 0 saturated carbocycles. The maximum atomic E-state index is 13.3. The number of benzene rings is 4. The molecule has 0 unspecified atom stereocenters. The van der Waals surface area contributed by atoms with Gasteiger partial charge in [0.05, 0.1) is 17.6 Å². The van der Waals surface area contributed by atoms with Crippen molar-refractivity contribution in [1.29, 1.82) is 0 Å². The van der Waals surface area contributed by atoms with Gasteiger partial charge in [-0.05, 0) is 41.5 Å². The molecule has 0 fully saturated rings. The standard InChI is InChI=1S/C28H25NO6S/c1-34-23-13-15-24(16-14-23)36(32,33)29-26-25(28(30)31)17-12-22(18-20-8-4-2-5-9-20)27(26)35-19-21-10-6-3-7-11-21/h2-17,29H,18-19H2,1H3,(H,30,31). The smallest absolute Gasteiger partial charge is 0.337 e. The lowest BCUT2D eigenvalue weighted by Crippen LogP contribution is -2.17. The molecule has 0 bridgehead atoms. The number of sulfonamides is 1. The van der Waals surface area contributed by atoms with Crippen LogP contribution < -0.4 is 14.2 Å². The van der Waals surface area contributed by atoms with E-state index in [1.165, 1.54) is 37.4 Å². The molecule has 0 spiro atoms. The van der Waals surface area contributed by atoms with Gasteiger partial charge in [-0.15, -0.1) is 0 Å². The largest absolute Gasteiger partial charge is 0.497 e. The first kappa shape index (κ1) is 24.8. The van der Waals surface area contributed by atoms with E-state index in [4.69, 9.17) is 9.47 Å². The molecule has 0 atom stereocenters. The van der Waals surface area contributed by atoms with Gasteiger partial charge >= 0.3 is 5.97 Å². The van der Waals surface area contributed by atoms with Gasteiger partial charge in [-0.2, -0.15) is 0 Å². The number of methoxy groups -OCH3 is 1. The summed E-state index contributed by atoms with van der Waals surface area (Å²) in [5.41, 5.74) is 2.13. The van der Waals surface area contributed by atoms with Crippen molar-refractivity contribution in [3.05, 3.63) is 119 Å². The van der Waals surface area contributed by atoms with E-state index in [1.54, 1.807) is 6.07 Å². The summed E-state index contributed by atoms with van der Waals surface area (Å²) in [6.07, 6.45) is 0.419. The number of nitrogens with one attached hydrogen (secondary N) is 1. The highest BCUT2D eigenvalue weighted by atomic mass is 32.2. The van der Waals surface area contributed by atoms with E-state index in [0.29, 0.717) is 17.7 Å². The van der Waals surface area contributed by atoms with Crippen molar-refractivity contribution in [2.45, 2.75) is 17.9 Å². The second-order valence-corrected chi connectivity index (χ2v) is 9.68. The summed E-state index contributed by atoms with van der Waals surface area (Å²) in [6.45, 7) is 0.128. The molecule has 0 saturated heterocycles. The molecule has 0 radical (unpaired) electrons.